The Morgan fingerprint density at radius 2 is 1.08 bits per heavy atom. The molecule has 196 valence electrons. The van der Waals surface area contributed by atoms with Gasteiger partial charge in [-0.25, -0.2) is 18.4 Å². The first kappa shape index (κ1) is 26.6. The van der Waals surface area contributed by atoms with Gasteiger partial charge in [-0.05, 0) is 24.3 Å². The second-order valence-electron chi connectivity index (χ2n) is 7.71. The summed E-state index contributed by atoms with van der Waals surface area (Å²) in [5, 5.41) is 0. The van der Waals surface area contributed by atoms with Crippen molar-refractivity contribution in [1.29, 1.82) is 0 Å². The lowest BCUT2D eigenvalue weighted by Crippen LogP contribution is -2.51. The van der Waals surface area contributed by atoms with E-state index in [9.17, 15) is 18.4 Å². The van der Waals surface area contributed by atoms with Crippen LogP contribution in [-0.4, -0.2) is 75.0 Å². The number of ether oxygens (including phenoxy) is 6. The number of carbonyl (C=O) groups is 2. The molecule has 0 N–H and O–H groups in total. The average Bonchev–Trinajstić information content (AvgIpc) is 2.86. The van der Waals surface area contributed by atoms with E-state index in [2.05, 4.69) is 0 Å². The van der Waals surface area contributed by atoms with Gasteiger partial charge in [-0.2, -0.15) is 0 Å². The monoisotopic (exact) mass is 510 g/mol. The Bertz CT molecular complexity index is 979. The number of nitrogens with zero attached hydrogens (tertiary/aromatic N) is 2. The van der Waals surface area contributed by atoms with Gasteiger partial charge in [0.2, 0.25) is 12.6 Å². The summed E-state index contributed by atoms with van der Waals surface area (Å²) in [7, 11) is 2.83. The van der Waals surface area contributed by atoms with Crippen LogP contribution in [0.2, 0.25) is 0 Å². The van der Waals surface area contributed by atoms with E-state index in [1.54, 1.807) is 0 Å². The minimum Gasteiger partial charge on any atom is -0.497 e. The van der Waals surface area contributed by atoms with E-state index in [1.165, 1.54) is 62.1 Å². The number of carbonyl (C=O) groups excluding carboxylic acids is 2. The van der Waals surface area contributed by atoms with Gasteiger partial charge < -0.3 is 38.2 Å². The number of methoxy groups -OCH3 is 2. The van der Waals surface area contributed by atoms with Crippen molar-refractivity contribution in [3.05, 3.63) is 48.0 Å². The summed E-state index contributed by atoms with van der Waals surface area (Å²) in [5.74, 6) is -0.830. The van der Waals surface area contributed by atoms with E-state index in [1.807, 2.05) is 0 Å². The Morgan fingerprint density at radius 3 is 1.39 bits per heavy atom. The molecule has 2 atom stereocenters. The molecule has 2 amide bonds. The largest absolute Gasteiger partial charge is 0.497 e. The molecule has 2 aromatic carbocycles. The Hall–Kier alpha value is -3.96. The summed E-state index contributed by atoms with van der Waals surface area (Å²) in [6, 6.07) is 8.09. The smallest absolute Gasteiger partial charge is 0.412 e. The topological polar surface area (TPSA) is 96.0 Å². The lowest BCUT2D eigenvalue weighted by Gasteiger charge is -2.34. The molecule has 0 radical (unpaired) electrons. The molecule has 3 rings (SSSR count). The highest BCUT2D eigenvalue weighted by atomic mass is 19.1. The molecule has 36 heavy (non-hydrogen) atoms. The quantitative estimate of drug-likeness (QED) is 0.492. The minimum atomic E-state index is -1.06. The van der Waals surface area contributed by atoms with E-state index < -0.39 is 36.4 Å². The molecule has 1 aliphatic heterocycles. The van der Waals surface area contributed by atoms with Crippen molar-refractivity contribution >= 4 is 12.2 Å². The van der Waals surface area contributed by atoms with E-state index >= 15 is 0 Å². The number of benzene rings is 2. The number of piperazine rings is 1. The van der Waals surface area contributed by atoms with Crippen molar-refractivity contribution in [3.8, 4) is 23.0 Å². The molecule has 0 spiro atoms. The van der Waals surface area contributed by atoms with E-state index in [-0.39, 0.29) is 37.7 Å². The third-order valence-electron chi connectivity index (χ3n) is 5.19. The maximum Gasteiger partial charge on any atom is 0.412 e. The Labute approximate surface area is 207 Å². The van der Waals surface area contributed by atoms with Crippen molar-refractivity contribution in [3.63, 3.8) is 0 Å². The molecule has 1 heterocycles. The van der Waals surface area contributed by atoms with Gasteiger partial charge in [0.25, 0.3) is 0 Å². The van der Waals surface area contributed by atoms with Gasteiger partial charge in [0.1, 0.15) is 11.5 Å². The van der Waals surface area contributed by atoms with Crippen LogP contribution in [0.4, 0.5) is 18.4 Å². The lowest BCUT2D eigenvalue weighted by molar-refractivity contribution is -0.0494. The highest BCUT2D eigenvalue weighted by Crippen LogP contribution is 2.25. The van der Waals surface area contributed by atoms with Gasteiger partial charge in [-0.15, -0.1) is 0 Å². The fourth-order valence-corrected chi connectivity index (χ4v) is 3.32. The molecule has 2 aromatic rings. The average molecular weight is 510 g/mol. The summed E-state index contributed by atoms with van der Waals surface area (Å²) >= 11 is 0. The van der Waals surface area contributed by atoms with Gasteiger partial charge in [0.15, 0.2) is 23.1 Å². The zero-order valence-electron chi connectivity index (χ0n) is 20.4. The molecule has 1 aliphatic rings. The van der Waals surface area contributed by atoms with Gasteiger partial charge in [-0.1, -0.05) is 0 Å². The number of halogens is 2. The van der Waals surface area contributed by atoms with Gasteiger partial charge in [0.05, 0.1) is 14.2 Å². The van der Waals surface area contributed by atoms with Crippen LogP contribution in [0, 0.1) is 11.6 Å². The predicted molar refractivity (Wildman–Crippen MR) is 122 cm³/mol. The molecule has 1 saturated heterocycles. The van der Waals surface area contributed by atoms with Gasteiger partial charge in [0, 0.05) is 52.2 Å². The molecule has 0 aliphatic carbocycles. The minimum absolute atomic E-state index is 0.0884. The first-order chi connectivity index (χ1) is 17.2. The Kier molecular flexibility index (Phi) is 8.98. The molecule has 1 fully saturated rings. The van der Waals surface area contributed by atoms with E-state index in [4.69, 9.17) is 28.4 Å². The predicted octanol–water partition coefficient (Wildman–Crippen LogP) is 4.02. The zero-order chi connectivity index (χ0) is 26.2. The summed E-state index contributed by atoms with van der Waals surface area (Å²) in [5.41, 5.74) is 0. The van der Waals surface area contributed by atoms with Crippen LogP contribution in [0.15, 0.2) is 36.4 Å². The van der Waals surface area contributed by atoms with Crippen LogP contribution in [0.1, 0.15) is 13.8 Å². The zero-order valence-corrected chi connectivity index (χ0v) is 20.4. The van der Waals surface area contributed by atoms with Crippen LogP contribution >= 0.6 is 0 Å². The Morgan fingerprint density at radius 1 is 0.722 bits per heavy atom. The highest BCUT2D eigenvalue weighted by Gasteiger charge is 2.28. The second kappa shape index (κ2) is 12.1. The fraction of sp³-hybridized carbons (Fsp3) is 0.417. The molecule has 0 saturated carbocycles. The van der Waals surface area contributed by atoms with Gasteiger partial charge in [-0.3, -0.25) is 0 Å². The molecule has 12 heteroatoms. The standard InChI is InChI=1S/C24H28F2N2O8/c1-15(33-21-7-5-17(31-3)13-19(21)25)35-23(29)27-9-11-28(12-10-27)24(30)36-16(2)34-22-8-6-18(32-4)14-20(22)26/h5-8,13-16H,9-12H2,1-4H3/t15-,16-/m1/s1. The normalized spacial score (nSPS) is 14.9. The fourth-order valence-electron chi connectivity index (χ4n) is 3.32. The van der Waals surface area contributed by atoms with Crippen LogP contribution in [0.3, 0.4) is 0 Å². The summed E-state index contributed by atoms with van der Waals surface area (Å²) in [6.45, 7) is 3.64. The van der Waals surface area contributed by atoms with Crippen LogP contribution in [0.25, 0.3) is 0 Å². The van der Waals surface area contributed by atoms with Crippen LogP contribution in [0.5, 0.6) is 23.0 Å². The second-order valence-corrected chi connectivity index (χ2v) is 7.71. The maximum atomic E-state index is 14.0. The van der Waals surface area contributed by atoms with Crippen molar-refractivity contribution in [2.45, 2.75) is 26.4 Å². The molecular formula is C24H28F2N2O8. The van der Waals surface area contributed by atoms with Crippen molar-refractivity contribution < 1.29 is 46.8 Å². The van der Waals surface area contributed by atoms with Gasteiger partial charge >= 0.3 is 12.2 Å². The van der Waals surface area contributed by atoms with Crippen molar-refractivity contribution in [2.75, 3.05) is 40.4 Å². The molecule has 0 bridgehead atoms. The van der Waals surface area contributed by atoms with Crippen LogP contribution < -0.4 is 18.9 Å². The number of hydrogen-bond acceptors (Lipinski definition) is 8. The summed E-state index contributed by atoms with van der Waals surface area (Å²) in [6.07, 6.45) is -3.45. The van der Waals surface area contributed by atoms with E-state index in [0.717, 1.165) is 12.1 Å². The molecule has 0 unspecified atom stereocenters. The summed E-state index contributed by atoms with van der Waals surface area (Å²) in [4.78, 5) is 27.6. The first-order valence-electron chi connectivity index (χ1n) is 11.1. The SMILES string of the molecule is COc1ccc(O[C@@H](C)OC(=O)N2CCN(C(=O)O[C@H](C)Oc3ccc(OC)cc3F)CC2)c(F)c1. The molecule has 10 nitrogen and oxygen atoms in total. The molecular weight excluding hydrogens is 482 g/mol. The maximum absolute atomic E-state index is 14.0. The Balaban J connectivity index is 1.42. The first-order valence-corrected chi connectivity index (χ1v) is 11.1. The highest BCUT2D eigenvalue weighted by molar-refractivity contribution is 5.70. The van der Waals surface area contributed by atoms with Crippen molar-refractivity contribution in [2.24, 2.45) is 0 Å². The number of amides is 2. The van der Waals surface area contributed by atoms with Crippen LogP contribution in [-0.2, 0) is 9.47 Å². The summed E-state index contributed by atoms with van der Waals surface area (Å²) < 4.78 is 59.1. The third-order valence-corrected chi connectivity index (χ3v) is 5.19. The molecule has 0 aromatic heterocycles. The number of rotatable bonds is 8. The van der Waals surface area contributed by atoms with Crippen molar-refractivity contribution in [1.82, 2.24) is 9.80 Å². The van der Waals surface area contributed by atoms with E-state index in [0.29, 0.717) is 11.5 Å². The third kappa shape index (κ3) is 7.03. The number of hydrogen-bond donors (Lipinski definition) is 0. The lowest BCUT2D eigenvalue weighted by atomic mass is 10.3.